The first-order valence-corrected chi connectivity index (χ1v) is 7.48. The minimum atomic E-state index is 0.395. The second-order valence-corrected chi connectivity index (χ2v) is 5.53. The fraction of sp³-hybridized carbons (Fsp3) is 0.312. The minimum absolute atomic E-state index is 0.395. The highest BCUT2D eigenvalue weighted by molar-refractivity contribution is 5.75. The van der Waals surface area contributed by atoms with Gasteiger partial charge in [0.15, 0.2) is 5.65 Å². The molecule has 6 nitrogen and oxygen atoms in total. The molecule has 2 N–H and O–H groups in total. The van der Waals surface area contributed by atoms with E-state index in [9.17, 15) is 0 Å². The fourth-order valence-electron chi connectivity index (χ4n) is 2.69. The number of pyridine rings is 2. The quantitative estimate of drug-likeness (QED) is 0.800. The number of nitrogens with two attached hydrogens (primary N) is 1. The molecule has 0 atom stereocenters. The Morgan fingerprint density at radius 2 is 2.09 bits per heavy atom. The van der Waals surface area contributed by atoms with Crippen LogP contribution in [-0.2, 0) is 6.61 Å². The molecule has 1 aliphatic rings. The number of nitrogen functional groups attached to an aromatic ring is 1. The average Bonchev–Trinajstić information content (AvgIpc) is 2.81. The minimum Gasteiger partial charge on any atom is -0.471 e. The highest BCUT2D eigenvalue weighted by Crippen LogP contribution is 2.36. The lowest BCUT2D eigenvalue weighted by Crippen LogP contribution is -2.19. The largest absolute Gasteiger partial charge is 0.471 e. The van der Waals surface area contributed by atoms with Gasteiger partial charge in [0.2, 0.25) is 11.8 Å². The third kappa shape index (κ3) is 2.26. The standard InChI is InChI=1S/C16H17N5O/c17-16-19-13-7-8-14(22-10-11-4-1-2-9-18-11)20-15(13)21(16)12-5-3-6-12/h1-2,4,7-9,12H,3,5-6,10H2,(H2,17,19). The number of fused-ring (bicyclic) bond motifs is 1. The molecule has 4 rings (SSSR count). The van der Waals surface area contributed by atoms with E-state index in [-0.39, 0.29) is 0 Å². The molecule has 0 saturated heterocycles. The van der Waals surface area contributed by atoms with E-state index < -0.39 is 0 Å². The molecule has 112 valence electrons. The Morgan fingerprint density at radius 1 is 1.18 bits per heavy atom. The number of hydrogen-bond donors (Lipinski definition) is 1. The molecule has 0 bridgehead atoms. The van der Waals surface area contributed by atoms with Gasteiger partial charge in [-0.15, -0.1) is 0 Å². The molecule has 0 aromatic carbocycles. The zero-order valence-corrected chi connectivity index (χ0v) is 12.1. The van der Waals surface area contributed by atoms with Crippen molar-refractivity contribution in [2.75, 3.05) is 5.73 Å². The van der Waals surface area contributed by atoms with E-state index in [1.165, 1.54) is 6.42 Å². The number of imidazole rings is 1. The molecule has 0 radical (unpaired) electrons. The Balaban J connectivity index is 1.62. The van der Waals surface area contributed by atoms with Gasteiger partial charge in [-0.3, -0.25) is 9.55 Å². The summed E-state index contributed by atoms with van der Waals surface area (Å²) >= 11 is 0. The predicted octanol–water partition coefficient (Wildman–Crippen LogP) is 2.71. The summed E-state index contributed by atoms with van der Waals surface area (Å²) in [6.07, 6.45) is 5.26. The van der Waals surface area contributed by atoms with Gasteiger partial charge in [-0.25, -0.2) is 4.98 Å². The van der Waals surface area contributed by atoms with Gasteiger partial charge >= 0.3 is 0 Å². The number of ether oxygens (including phenoxy) is 1. The second kappa shape index (κ2) is 5.29. The zero-order valence-electron chi connectivity index (χ0n) is 12.1. The van der Waals surface area contributed by atoms with E-state index in [2.05, 4.69) is 15.0 Å². The summed E-state index contributed by atoms with van der Waals surface area (Å²) in [5.41, 5.74) is 8.53. The summed E-state index contributed by atoms with van der Waals surface area (Å²) in [7, 11) is 0. The van der Waals surface area contributed by atoms with Crippen LogP contribution in [0.3, 0.4) is 0 Å². The molecular formula is C16H17N5O. The third-order valence-electron chi connectivity index (χ3n) is 4.07. The lowest BCUT2D eigenvalue weighted by Gasteiger charge is -2.27. The Labute approximate surface area is 128 Å². The van der Waals surface area contributed by atoms with E-state index in [0.717, 1.165) is 29.7 Å². The van der Waals surface area contributed by atoms with Crippen LogP contribution < -0.4 is 10.5 Å². The van der Waals surface area contributed by atoms with Gasteiger partial charge in [-0.2, -0.15) is 4.98 Å². The maximum atomic E-state index is 6.04. The number of nitrogens with zero attached hydrogens (tertiary/aromatic N) is 4. The first-order chi connectivity index (χ1) is 10.8. The van der Waals surface area contributed by atoms with Crippen molar-refractivity contribution in [2.24, 2.45) is 0 Å². The average molecular weight is 295 g/mol. The Morgan fingerprint density at radius 3 is 2.82 bits per heavy atom. The number of anilines is 1. The first kappa shape index (κ1) is 13.1. The van der Waals surface area contributed by atoms with Gasteiger partial charge in [0.05, 0.1) is 5.69 Å². The normalized spacial score (nSPS) is 14.9. The molecule has 3 heterocycles. The number of hydrogen-bond acceptors (Lipinski definition) is 5. The molecule has 0 amide bonds. The molecule has 3 aromatic heterocycles. The molecule has 22 heavy (non-hydrogen) atoms. The van der Waals surface area contributed by atoms with Crippen LogP contribution in [0.5, 0.6) is 5.88 Å². The van der Waals surface area contributed by atoms with Crippen LogP contribution in [-0.4, -0.2) is 19.5 Å². The number of rotatable bonds is 4. The first-order valence-electron chi connectivity index (χ1n) is 7.48. The molecule has 3 aromatic rings. The smallest absolute Gasteiger partial charge is 0.215 e. The van der Waals surface area contributed by atoms with Gasteiger partial charge in [0.25, 0.3) is 0 Å². The van der Waals surface area contributed by atoms with Crippen LogP contribution in [0, 0.1) is 0 Å². The SMILES string of the molecule is Nc1nc2ccc(OCc3ccccn3)nc2n1C1CCC1. The lowest BCUT2D eigenvalue weighted by atomic mass is 9.93. The highest BCUT2D eigenvalue weighted by Gasteiger charge is 2.24. The summed E-state index contributed by atoms with van der Waals surface area (Å²) in [4.78, 5) is 13.2. The van der Waals surface area contributed by atoms with E-state index >= 15 is 0 Å². The highest BCUT2D eigenvalue weighted by atomic mass is 16.5. The molecule has 0 aliphatic heterocycles. The summed E-state index contributed by atoms with van der Waals surface area (Å²) in [6.45, 7) is 0.395. The summed E-state index contributed by atoms with van der Waals surface area (Å²) in [6, 6.07) is 9.89. The lowest BCUT2D eigenvalue weighted by molar-refractivity contribution is 0.288. The molecule has 0 spiro atoms. The monoisotopic (exact) mass is 295 g/mol. The topological polar surface area (TPSA) is 78.8 Å². The van der Waals surface area contributed by atoms with Gasteiger partial charge < -0.3 is 10.5 Å². The van der Waals surface area contributed by atoms with Crippen molar-refractivity contribution < 1.29 is 4.74 Å². The fourth-order valence-corrected chi connectivity index (χ4v) is 2.69. The van der Waals surface area contributed by atoms with Gasteiger partial charge in [-0.1, -0.05) is 6.07 Å². The van der Waals surface area contributed by atoms with Crippen molar-refractivity contribution in [1.29, 1.82) is 0 Å². The van der Waals surface area contributed by atoms with Crippen molar-refractivity contribution in [3.05, 3.63) is 42.2 Å². The molecule has 1 saturated carbocycles. The van der Waals surface area contributed by atoms with Crippen LogP contribution in [0.25, 0.3) is 11.2 Å². The van der Waals surface area contributed by atoms with E-state index in [4.69, 9.17) is 10.5 Å². The molecule has 0 unspecified atom stereocenters. The molecule has 6 heteroatoms. The van der Waals surface area contributed by atoms with E-state index in [0.29, 0.717) is 24.5 Å². The van der Waals surface area contributed by atoms with Crippen LogP contribution in [0.15, 0.2) is 36.5 Å². The Hall–Kier alpha value is -2.63. The van der Waals surface area contributed by atoms with Gasteiger partial charge in [0, 0.05) is 18.3 Å². The third-order valence-corrected chi connectivity index (χ3v) is 4.07. The maximum absolute atomic E-state index is 6.04. The summed E-state index contributed by atoms with van der Waals surface area (Å²) in [5, 5.41) is 0. The van der Waals surface area contributed by atoms with E-state index in [1.54, 1.807) is 6.20 Å². The van der Waals surface area contributed by atoms with Crippen LogP contribution >= 0.6 is 0 Å². The van der Waals surface area contributed by atoms with Crippen molar-refractivity contribution in [1.82, 2.24) is 19.5 Å². The summed E-state index contributed by atoms with van der Waals surface area (Å²) < 4.78 is 7.77. The second-order valence-electron chi connectivity index (χ2n) is 5.53. The van der Waals surface area contributed by atoms with Crippen LogP contribution in [0.1, 0.15) is 31.0 Å². The van der Waals surface area contributed by atoms with E-state index in [1.807, 2.05) is 34.9 Å². The predicted molar refractivity (Wildman–Crippen MR) is 83.4 cm³/mol. The summed E-state index contributed by atoms with van der Waals surface area (Å²) in [5.74, 6) is 1.10. The molecule has 1 fully saturated rings. The Bertz CT molecular complexity index is 795. The van der Waals surface area contributed by atoms with Gasteiger partial charge in [-0.05, 0) is 37.5 Å². The van der Waals surface area contributed by atoms with Crippen molar-refractivity contribution in [3.63, 3.8) is 0 Å². The number of aromatic nitrogens is 4. The Kier molecular flexibility index (Phi) is 3.14. The molecule has 1 aliphatic carbocycles. The van der Waals surface area contributed by atoms with Crippen LogP contribution in [0.2, 0.25) is 0 Å². The molecular weight excluding hydrogens is 278 g/mol. The van der Waals surface area contributed by atoms with Crippen molar-refractivity contribution in [2.45, 2.75) is 31.9 Å². The van der Waals surface area contributed by atoms with Crippen molar-refractivity contribution in [3.8, 4) is 5.88 Å². The zero-order chi connectivity index (χ0) is 14.9. The maximum Gasteiger partial charge on any atom is 0.215 e. The van der Waals surface area contributed by atoms with Crippen molar-refractivity contribution >= 4 is 17.1 Å². The van der Waals surface area contributed by atoms with Gasteiger partial charge in [0.1, 0.15) is 12.1 Å². The van der Waals surface area contributed by atoms with Crippen LogP contribution in [0.4, 0.5) is 5.95 Å².